The molecule has 0 aliphatic carbocycles. The van der Waals surface area contributed by atoms with Crippen molar-refractivity contribution in [2.45, 2.75) is 39.0 Å². The molecule has 9 heteroatoms. The topological polar surface area (TPSA) is 109 Å². The summed E-state index contributed by atoms with van der Waals surface area (Å²) in [5.41, 5.74) is 3.77. The van der Waals surface area contributed by atoms with Gasteiger partial charge in [0, 0.05) is 0 Å². The van der Waals surface area contributed by atoms with Gasteiger partial charge in [-0.2, -0.15) is 10.5 Å². The molecule has 0 heterocycles. The van der Waals surface area contributed by atoms with Crippen LogP contribution in [0.5, 0.6) is 0 Å². The maximum atomic E-state index is 11.1. The third-order valence-electron chi connectivity index (χ3n) is 2.55. The van der Waals surface area contributed by atoms with Gasteiger partial charge in [0.2, 0.25) is 8.32 Å². The Morgan fingerprint density at radius 3 is 1.60 bits per heavy atom. The molecular weight excluding hydrogens is 356 g/mol. The van der Waals surface area contributed by atoms with Crippen LogP contribution in [0.2, 0.25) is 26.2 Å². The van der Waals surface area contributed by atoms with Crippen LogP contribution in [0.1, 0.15) is 12.8 Å². The first-order valence-electron chi connectivity index (χ1n) is 7.72. The van der Waals surface area contributed by atoms with Crippen LogP contribution >= 0.6 is 0 Å². The number of carbonyl (C=O) groups excluding carboxylic acids is 2. The van der Waals surface area contributed by atoms with E-state index in [4.69, 9.17) is 24.1 Å². The van der Waals surface area contributed by atoms with Crippen LogP contribution in [-0.4, -0.2) is 41.8 Å². The maximum Gasteiger partial charge on any atom is 0.320 e. The molecule has 25 heavy (non-hydrogen) atoms. The molecule has 0 fully saturated rings. The number of nitriles is 2. The molecule has 0 radical (unpaired) electrons. The minimum Gasteiger partial charge on any atom is -0.461 e. The minimum absolute atomic E-state index is 0.0726. The molecule has 0 aromatic carbocycles. The van der Waals surface area contributed by atoms with E-state index in [1.807, 2.05) is 17.9 Å². The fourth-order valence-corrected chi connectivity index (χ4v) is 8.92. The van der Waals surface area contributed by atoms with Crippen molar-refractivity contribution in [3.63, 3.8) is 0 Å². The molecule has 0 amide bonds. The molecule has 0 aromatic heterocycles. The maximum absolute atomic E-state index is 11.1. The van der Waals surface area contributed by atoms with Gasteiger partial charge in [-0.25, -0.2) is 0 Å². The van der Waals surface area contributed by atoms with Crippen LogP contribution in [0, 0.1) is 22.7 Å². The molecule has 7 nitrogen and oxygen atoms in total. The number of hydrogen-bond acceptors (Lipinski definition) is 7. The number of ether oxygens (including phenoxy) is 2. The highest BCUT2D eigenvalue weighted by Gasteiger charge is 2.29. The summed E-state index contributed by atoms with van der Waals surface area (Å²) in [5, 5.41) is 16.8. The fourth-order valence-electron chi connectivity index (χ4n) is 1.86. The van der Waals surface area contributed by atoms with Crippen molar-refractivity contribution in [1.82, 2.24) is 0 Å². The normalized spacial score (nSPS) is 13.8. The Bertz CT molecular complexity index is 555. The average Bonchev–Trinajstić information content (AvgIpc) is 2.47. The zero-order valence-electron chi connectivity index (χ0n) is 15.1. The smallest absolute Gasteiger partial charge is 0.320 e. The molecule has 0 aromatic rings. The Balaban J connectivity index is 4.78. The summed E-state index contributed by atoms with van der Waals surface area (Å²) in [5.74, 6) is -1.14. The lowest BCUT2D eigenvalue weighted by Crippen LogP contribution is -2.42. The Morgan fingerprint density at radius 1 is 0.880 bits per heavy atom. The van der Waals surface area contributed by atoms with Crippen molar-refractivity contribution in [3.8, 4) is 12.1 Å². The van der Waals surface area contributed by atoms with Gasteiger partial charge in [-0.3, -0.25) is 9.59 Å². The van der Waals surface area contributed by atoms with Crippen LogP contribution in [-0.2, 0) is 23.2 Å². The molecule has 0 aliphatic heterocycles. The van der Waals surface area contributed by atoms with Crippen LogP contribution in [0.4, 0.5) is 0 Å². The third-order valence-corrected chi connectivity index (χ3v) is 8.56. The third kappa shape index (κ3) is 12.8. The first-order valence-corrected chi connectivity index (χ1v) is 13.7. The highest BCUT2D eigenvalue weighted by Crippen LogP contribution is 2.17. The second kappa shape index (κ2) is 11.4. The summed E-state index contributed by atoms with van der Waals surface area (Å²) < 4.78 is 16.0. The average molecular weight is 381 g/mol. The lowest BCUT2D eigenvalue weighted by molar-refractivity contribution is -0.142. The van der Waals surface area contributed by atoms with Crippen molar-refractivity contribution in [2.75, 3.05) is 13.2 Å². The van der Waals surface area contributed by atoms with Gasteiger partial charge < -0.3 is 13.6 Å². The van der Waals surface area contributed by atoms with Gasteiger partial charge in [-0.15, -0.1) is 0 Å². The lowest BCUT2D eigenvalue weighted by atomic mass is 10.5. The molecule has 0 aliphatic rings. The SMILES string of the molecule is C[Si](C)(C)O[Si](C)(C=CCOC(=O)CC#N)C=CCOC(=O)CC#N. The number of hydrogen-bond donors (Lipinski definition) is 0. The van der Waals surface area contributed by atoms with Crippen molar-refractivity contribution < 1.29 is 23.2 Å². The Kier molecular flexibility index (Phi) is 10.4. The number of esters is 2. The summed E-state index contributed by atoms with van der Waals surface area (Å²) in [6.45, 7) is 8.33. The van der Waals surface area contributed by atoms with E-state index in [0.717, 1.165) is 0 Å². The monoisotopic (exact) mass is 380 g/mol. The lowest BCUT2D eigenvalue weighted by Gasteiger charge is -2.29. The first kappa shape index (κ1) is 22.8. The molecule has 0 saturated carbocycles. The van der Waals surface area contributed by atoms with E-state index in [2.05, 4.69) is 19.6 Å². The van der Waals surface area contributed by atoms with Crippen molar-refractivity contribution in [2.24, 2.45) is 0 Å². The molecule has 0 spiro atoms. The molecule has 0 unspecified atom stereocenters. The predicted octanol–water partition coefficient (Wildman–Crippen LogP) is 2.52. The van der Waals surface area contributed by atoms with Gasteiger partial charge >= 0.3 is 11.9 Å². The summed E-state index contributed by atoms with van der Waals surface area (Å²) >= 11 is 0. The molecule has 0 rings (SSSR count). The number of carbonyl (C=O) groups is 2. The minimum atomic E-state index is -2.38. The Hall–Kier alpha value is -2.21. The van der Waals surface area contributed by atoms with Crippen LogP contribution in [0.3, 0.4) is 0 Å². The summed E-state index contributed by atoms with van der Waals surface area (Å²) in [4.78, 5) is 22.3. The van der Waals surface area contributed by atoms with E-state index in [1.54, 1.807) is 24.3 Å². The fraction of sp³-hybridized carbons (Fsp3) is 0.500. The zero-order chi connectivity index (χ0) is 19.3. The van der Waals surface area contributed by atoms with Crippen molar-refractivity contribution in [1.29, 1.82) is 10.5 Å². The van der Waals surface area contributed by atoms with Crippen LogP contribution in [0.25, 0.3) is 0 Å². The zero-order valence-corrected chi connectivity index (χ0v) is 17.1. The predicted molar refractivity (Wildman–Crippen MR) is 96.7 cm³/mol. The molecular formula is C16H24N2O5Si2. The standard InChI is InChI=1S/C16H24N2O5Si2/c1-24(2,3)23-25(4,13-5-11-21-15(19)7-9-17)14-6-12-22-16(20)8-10-18/h5-6,13-14H,7-8,11-12H2,1-4H3. The highest BCUT2D eigenvalue weighted by molar-refractivity contribution is 6.90. The second-order valence-corrected chi connectivity index (χ2v) is 14.3. The number of rotatable bonds is 10. The summed E-state index contributed by atoms with van der Waals surface area (Å²) in [6.07, 6.45) is 2.85. The molecule has 0 atom stereocenters. The largest absolute Gasteiger partial charge is 0.461 e. The van der Waals surface area contributed by atoms with Gasteiger partial charge in [0.25, 0.3) is 0 Å². The Labute approximate surface area is 150 Å². The van der Waals surface area contributed by atoms with Gasteiger partial charge in [0.15, 0.2) is 8.32 Å². The Morgan fingerprint density at radius 2 is 1.28 bits per heavy atom. The summed E-state index contributed by atoms with van der Waals surface area (Å²) in [6, 6.07) is 3.45. The first-order chi connectivity index (χ1) is 11.6. The quantitative estimate of drug-likeness (QED) is 0.423. The molecule has 0 N–H and O–H groups in total. The van der Waals surface area contributed by atoms with Gasteiger partial charge in [-0.1, -0.05) is 23.6 Å². The van der Waals surface area contributed by atoms with E-state index in [9.17, 15) is 9.59 Å². The van der Waals surface area contributed by atoms with E-state index < -0.39 is 28.6 Å². The van der Waals surface area contributed by atoms with Crippen LogP contribution < -0.4 is 0 Å². The van der Waals surface area contributed by atoms with Gasteiger partial charge in [-0.05, 0) is 26.2 Å². The van der Waals surface area contributed by atoms with Gasteiger partial charge in [0.05, 0.1) is 12.1 Å². The van der Waals surface area contributed by atoms with Gasteiger partial charge in [0.1, 0.15) is 26.1 Å². The van der Waals surface area contributed by atoms with E-state index >= 15 is 0 Å². The second-order valence-electron chi connectivity index (χ2n) is 6.24. The molecule has 136 valence electrons. The number of nitrogens with zero attached hydrogens (tertiary/aromatic N) is 2. The van der Waals surface area contributed by atoms with Crippen molar-refractivity contribution in [3.05, 3.63) is 23.6 Å². The summed E-state index contributed by atoms with van der Waals surface area (Å²) in [7, 11) is -4.20. The van der Waals surface area contributed by atoms with Crippen molar-refractivity contribution >= 4 is 28.6 Å². The van der Waals surface area contributed by atoms with Crippen LogP contribution in [0.15, 0.2) is 23.6 Å². The molecule has 0 saturated heterocycles. The molecule has 0 bridgehead atoms. The van der Waals surface area contributed by atoms with E-state index in [1.165, 1.54) is 0 Å². The van der Waals surface area contributed by atoms with E-state index in [-0.39, 0.29) is 26.1 Å². The van der Waals surface area contributed by atoms with E-state index in [0.29, 0.717) is 0 Å². The highest BCUT2D eigenvalue weighted by atomic mass is 28.4.